The number of alkyl halides is 3. The van der Waals surface area contributed by atoms with Gasteiger partial charge in [0, 0.05) is 11.5 Å². The van der Waals surface area contributed by atoms with Crippen LogP contribution in [0.2, 0.25) is 0 Å². The summed E-state index contributed by atoms with van der Waals surface area (Å²) in [5.41, 5.74) is -1.66. The van der Waals surface area contributed by atoms with Gasteiger partial charge in [-0.15, -0.1) is 4.91 Å². The zero-order chi connectivity index (χ0) is 11.6. The molecule has 0 heterocycles. The van der Waals surface area contributed by atoms with Crippen LogP contribution in [0.15, 0.2) is 21.8 Å². The number of nitrogens with zero attached hydrogens (tertiary/aromatic N) is 1. The van der Waals surface area contributed by atoms with Gasteiger partial charge in [-0.1, -0.05) is 15.9 Å². The van der Waals surface area contributed by atoms with Crippen LogP contribution in [0.25, 0.3) is 0 Å². The number of anilines is 1. The second-order valence-electron chi connectivity index (χ2n) is 2.69. The van der Waals surface area contributed by atoms with Crippen molar-refractivity contribution in [3.63, 3.8) is 0 Å². The third kappa shape index (κ3) is 2.47. The molecule has 0 aliphatic rings. The van der Waals surface area contributed by atoms with Gasteiger partial charge in [0.15, 0.2) is 0 Å². The number of nitrogens with one attached hydrogen (secondary N) is 1. The maximum Gasteiger partial charge on any atom is 0.418 e. The molecule has 82 valence electrons. The Morgan fingerprint density at radius 1 is 1.40 bits per heavy atom. The van der Waals surface area contributed by atoms with Gasteiger partial charge in [-0.25, -0.2) is 0 Å². The Labute approximate surface area is 91.8 Å². The number of benzene rings is 1. The van der Waals surface area contributed by atoms with Crippen LogP contribution in [0.3, 0.4) is 0 Å². The minimum absolute atomic E-state index is 0.0340. The molecular formula is C8H6BrF3N2O. The van der Waals surface area contributed by atoms with E-state index in [2.05, 4.69) is 26.4 Å². The molecule has 0 unspecified atom stereocenters. The molecule has 1 aromatic carbocycles. The Kier molecular flexibility index (Phi) is 3.33. The van der Waals surface area contributed by atoms with Gasteiger partial charge in [-0.2, -0.15) is 13.2 Å². The smallest absolute Gasteiger partial charge is 0.386 e. The third-order valence-electron chi connectivity index (χ3n) is 1.74. The average molecular weight is 283 g/mol. The van der Waals surface area contributed by atoms with Crippen molar-refractivity contribution in [2.24, 2.45) is 5.18 Å². The van der Waals surface area contributed by atoms with Crippen LogP contribution in [0, 0.1) is 4.91 Å². The lowest BCUT2D eigenvalue weighted by Crippen LogP contribution is -2.06. The molecule has 1 N–H and O–H groups in total. The molecule has 7 heteroatoms. The summed E-state index contributed by atoms with van der Waals surface area (Å²) >= 11 is 2.93. The van der Waals surface area contributed by atoms with Crippen LogP contribution in [0.1, 0.15) is 5.56 Å². The predicted molar refractivity (Wildman–Crippen MR) is 54.1 cm³/mol. The number of hydrogen-bond acceptors (Lipinski definition) is 3. The molecule has 0 aromatic heterocycles. The van der Waals surface area contributed by atoms with Crippen LogP contribution in [0.5, 0.6) is 0 Å². The van der Waals surface area contributed by atoms with Crippen LogP contribution in [-0.2, 0) is 6.18 Å². The van der Waals surface area contributed by atoms with Crippen molar-refractivity contribution in [1.29, 1.82) is 0 Å². The first-order valence-electron chi connectivity index (χ1n) is 3.82. The normalized spacial score (nSPS) is 11.3. The Balaban J connectivity index is 3.49. The maximum atomic E-state index is 12.5. The Bertz CT molecular complexity index is 392. The van der Waals surface area contributed by atoms with Gasteiger partial charge in [-0.3, -0.25) is 0 Å². The van der Waals surface area contributed by atoms with E-state index in [1.54, 1.807) is 0 Å². The lowest BCUT2D eigenvalue weighted by molar-refractivity contribution is -0.137. The van der Waals surface area contributed by atoms with Crippen LogP contribution in [-0.4, -0.2) is 7.05 Å². The average Bonchev–Trinajstić information content (AvgIpc) is 2.15. The molecule has 1 rings (SSSR count). The minimum Gasteiger partial charge on any atom is -0.386 e. The van der Waals surface area contributed by atoms with E-state index in [0.29, 0.717) is 0 Å². The summed E-state index contributed by atoms with van der Waals surface area (Å²) < 4.78 is 37.7. The van der Waals surface area contributed by atoms with Crippen molar-refractivity contribution in [3.05, 3.63) is 27.1 Å². The van der Waals surface area contributed by atoms with E-state index in [1.165, 1.54) is 13.1 Å². The van der Waals surface area contributed by atoms with Crippen molar-refractivity contribution in [2.75, 3.05) is 12.4 Å². The zero-order valence-corrected chi connectivity index (χ0v) is 9.11. The molecule has 0 aliphatic carbocycles. The predicted octanol–water partition coefficient (Wildman–Crippen LogP) is 3.91. The topological polar surface area (TPSA) is 41.5 Å². The molecule has 0 saturated carbocycles. The van der Waals surface area contributed by atoms with Gasteiger partial charge in [-0.05, 0) is 17.3 Å². The van der Waals surface area contributed by atoms with Gasteiger partial charge in [0.1, 0.15) is 5.69 Å². The molecule has 0 fully saturated rings. The fraction of sp³-hybridized carbons (Fsp3) is 0.250. The minimum atomic E-state index is -4.60. The molecular weight excluding hydrogens is 277 g/mol. The highest BCUT2D eigenvalue weighted by molar-refractivity contribution is 9.10. The molecule has 0 amide bonds. The summed E-state index contributed by atoms with van der Waals surface area (Å²) in [7, 11) is 1.41. The van der Waals surface area contributed by atoms with Crippen molar-refractivity contribution in [3.8, 4) is 0 Å². The molecule has 0 saturated heterocycles. The van der Waals surface area contributed by atoms with Crippen molar-refractivity contribution < 1.29 is 13.2 Å². The van der Waals surface area contributed by atoms with Crippen LogP contribution >= 0.6 is 15.9 Å². The monoisotopic (exact) mass is 282 g/mol. The number of hydrogen-bond donors (Lipinski definition) is 1. The van der Waals surface area contributed by atoms with Crippen molar-refractivity contribution in [2.45, 2.75) is 6.18 Å². The Hall–Kier alpha value is -1.11. The fourth-order valence-corrected chi connectivity index (χ4v) is 1.56. The Morgan fingerprint density at radius 2 is 2.00 bits per heavy atom. The van der Waals surface area contributed by atoms with E-state index in [0.717, 1.165) is 6.07 Å². The second kappa shape index (κ2) is 4.18. The van der Waals surface area contributed by atoms with Gasteiger partial charge in [0.2, 0.25) is 0 Å². The lowest BCUT2D eigenvalue weighted by atomic mass is 10.1. The summed E-state index contributed by atoms with van der Waals surface area (Å²) in [5.74, 6) is 0. The van der Waals surface area contributed by atoms with E-state index >= 15 is 0 Å². The van der Waals surface area contributed by atoms with Crippen LogP contribution < -0.4 is 5.32 Å². The van der Waals surface area contributed by atoms with Gasteiger partial charge >= 0.3 is 6.18 Å². The number of halogens is 4. The number of nitroso groups, excluding NO2 is 1. The fourth-order valence-electron chi connectivity index (χ4n) is 1.10. The summed E-state index contributed by atoms with van der Waals surface area (Å²) in [4.78, 5) is 10.4. The maximum absolute atomic E-state index is 12.5. The van der Waals surface area contributed by atoms with E-state index in [9.17, 15) is 18.1 Å². The zero-order valence-electron chi connectivity index (χ0n) is 7.52. The molecule has 0 radical (unpaired) electrons. The molecule has 15 heavy (non-hydrogen) atoms. The van der Waals surface area contributed by atoms with E-state index in [4.69, 9.17) is 0 Å². The van der Waals surface area contributed by atoms with Crippen molar-refractivity contribution >= 4 is 27.3 Å². The molecule has 1 aromatic rings. The number of rotatable bonds is 2. The van der Waals surface area contributed by atoms with E-state index < -0.39 is 17.4 Å². The highest BCUT2D eigenvalue weighted by atomic mass is 79.9. The van der Waals surface area contributed by atoms with E-state index in [1.807, 2.05) is 0 Å². The molecule has 0 bridgehead atoms. The van der Waals surface area contributed by atoms with Crippen molar-refractivity contribution in [1.82, 2.24) is 0 Å². The van der Waals surface area contributed by atoms with E-state index in [-0.39, 0.29) is 10.2 Å². The highest BCUT2D eigenvalue weighted by Gasteiger charge is 2.35. The van der Waals surface area contributed by atoms with Crippen LogP contribution in [0.4, 0.5) is 24.5 Å². The summed E-state index contributed by atoms with van der Waals surface area (Å²) in [6, 6.07) is 2.17. The first kappa shape index (κ1) is 12.0. The van der Waals surface area contributed by atoms with Gasteiger partial charge in [0.25, 0.3) is 0 Å². The highest BCUT2D eigenvalue weighted by Crippen LogP contribution is 2.42. The molecule has 0 spiro atoms. The standard InChI is InChI=1S/C8H6BrF3N2O/c1-13-6-3-4(9)2-5(7(6)14-15)8(10,11)12/h2-3,13H,1H3. The first-order valence-corrected chi connectivity index (χ1v) is 4.61. The lowest BCUT2D eigenvalue weighted by Gasteiger charge is -2.12. The SMILES string of the molecule is CNc1cc(Br)cc(C(F)(F)F)c1N=O. The quantitative estimate of drug-likeness (QED) is 0.836. The molecule has 3 nitrogen and oxygen atoms in total. The molecule has 0 aliphatic heterocycles. The molecule has 0 atom stereocenters. The first-order chi connectivity index (χ1) is 6.90. The van der Waals surface area contributed by atoms with Gasteiger partial charge < -0.3 is 5.32 Å². The van der Waals surface area contributed by atoms with Gasteiger partial charge in [0.05, 0.1) is 11.3 Å². The summed E-state index contributed by atoms with van der Waals surface area (Å²) in [6.07, 6.45) is -4.60. The third-order valence-corrected chi connectivity index (χ3v) is 2.20. The summed E-state index contributed by atoms with van der Waals surface area (Å²) in [5, 5.41) is 4.87. The largest absolute Gasteiger partial charge is 0.418 e. The Morgan fingerprint density at radius 3 is 2.40 bits per heavy atom. The second-order valence-corrected chi connectivity index (χ2v) is 3.60. The summed E-state index contributed by atoms with van der Waals surface area (Å²) in [6.45, 7) is 0.